The van der Waals surface area contributed by atoms with Gasteiger partial charge in [-0.3, -0.25) is 4.79 Å². The molecule has 0 fully saturated rings. The van der Waals surface area contributed by atoms with Gasteiger partial charge in [-0.25, -0.2) is 0 Å². The molecule has 1 aromatic carbocycles. The second-order valence-corrected chi connectivity index (χ2v) is 5.31. The summed E-state index contributed by atoms with van der Waals surface area (Å²) in [6, 6.07) is 9.65. The molecule has 1 amide bonds. The average molecular weight is 318 g/mol. The largest absolute Gasteiger partial charge is 0.385 e. The number of benzene rings is 1. The minimum atomic E-state index is -0.380. The van der Waals surface area contributed by atoms with Crippen molar-refractivity contribution < 1.29 is 4.79 Å². The third-order valence-electron chi connectivity index (χ3n) is 2.73. The summed E-state index contributed by atoms with van der Waals surface area (Å²) >= 11 is 1.71. The van der Waals surface area contributed by atoms with Crippen LogP contribution < -0.4 is 16.4 Å². The Morgan fingerprint density at radius 3 is 2.65 bits per heavy atom. The van der Waals surface area contributed by atoms with Gasteiger partial charge >= 0.3 is 0 Å². The van der Waals surface area contributed by atoms with E-state index in [9.17, 15) is 4.79 Å². The Hall–Kier alpha value is -0.910. The van der Waals surface area contributed by atoms with Crippen molar-refractivity contribution in [1.29, 1.82) is 0 Å². The topological polar surface area (TPSA) is 67.2 Å². The van der Waals surface area contributed by atoms with Crippen LogP contribution in [0.25, 0.3) is 0 Å². The summed E-state index contributed by atoms with van der Waals surface area (Å²) in [7, 11) is 0. The molecule has 1 atom stereocenters. The van der Waals surface area contributed by atoms with Crippen LogP contribution in [-0.2, 0) is 4.79 Å². The van der Waals surface area contributed by atoms with E-state index in [4.69, 9.17) is 5.73 Å². The lowest BCUT2D eigenvalue weighted by molar-refractivity contribution is -0.122. The van der Waals surface area contributed by atoms with Gasteiger partial charge in [0.1, 0.15) is 0 Å². The number of carbonyl (C=O) groups is 1. The van der Waals surface area contributed by atoms with E-state index in [1.54, 1.807) is 11.8 Å². The number of halogens is 1. The minimum Gasteiger partial charge on any atom is -0.385 e. The van der Waals surface area contributed by atoms with Crippen LogP contribution in [0.2, 0.25) is 0 Å². The molecule has 20 heavy (non-hydrogen) atoms. The SMILES string of the molecule is CSCC[C@H](N)C(=O)NCCCNc1ccccc1.Cl. The quantitative estimate of drug-likeness (QED) is 0.610. The number of anilines is 1. The van der Waals surface area contributed by atoms with E-state index in [2.05, 4.69) is 10.6 Å². The Labute approximate surface area is 131 Å². The predicted octanol–water partition coefficient (Wildman–Crippen LogP) is 2.11. The van der Waals surface area contributed by atoms with Crippen LogP contribution in [0.15, 0.2) is 30.3 Å². The standard InChI is InChI=1S/C14H23N3OS.ClH/c1-19-11-8-13(15)14(18)17-10-5-9-16-12-6-3-2-4-7-12;/h2-4,6-7,13,16H,5,8-11,15H2,1H3,(H,17,18);1H/t13-;/m0./s1. The minimum absolute atomic E-state index is 0. The van der Waals surface area contributed by atoms with E-state index < -0.39 is 0 Å². The van der Waals surface area contributed by atoms with Gasteiger partial charge in [0, 0.05) is 18.8 Å². The maximum atomic E-state index is 11.6. The number of rotatable bonds is 9. The molecule has 0 unspecified atom stereocenters. The van der Waals surface area contributed by atoms with Crippen molar-refractivity contribution in [2.75, 3.05) is 30.4 Å². The van der Waals surface area contributed by atoms with E-state index in [0.29, 0.717) is 6.54 Å². The third kappa shape index (κ3) is 8.30. The summed E-state index contributed by atoms with van der Waals surface area (Å²) in [5.41, 5.74) is 6.87. The molecule has 6 heteroatoms. The zero-order valence-electron chi connectivity index (χ0n) is 11.8. The first-order valence-corrected chi connectivity index (χ1v) is 7.94. The van der Waals surface area contributed by atoms with Crippen LogP contribution >= 0.6 is 24.2 Å². The number of nitrogens with two attached hydrogens (primary N) is 1. The average Bonchev–Trinajstić information content (AvgIpc) is 2.45. The van der Waals surface area contributed by atoms with Gasteiger partial charge in [0.05, 0.1) is 6.04 Å². The van der Waals surface area contributed by atoms with Crippen LogP contribution in [0.5, 0.6) is 0 Å². The third-order valence-corrected chi connectivity index (χ3v) is 3.37. The fourth-order valence-electron chi connectivity index (χ4n) is 1.60. The van der Waals surface area contributed by atoms with E-state index in [1.165, 1.54) is 0 Å². The first kappa shape index (κ1) is 19.1. The molecule has 0 heterocycles. The van der Waals surface area contributed by atoms with Gasteiger partial charge < -0.3 is 16.4 Å². The first-order chi connectivity index (χ1) is 9.24. The zero-order valence-corrected chi connectivity index (χ0v) is 13.4. The predicted molar refractivity (Wildman–Crippen MR) is 90.8 cm³/mol. The number of carbonyl (C=O) groups excluding carboxylic acids is 1. The molecule has 0 aromatic heterocycles. The summed E-state index contributed by atoms with van der Waals surface area (Å²) < 4.78 is 0. The van der Waals surface area contributed by atoms with Crippen LogP contribution in [0.3, 0.4) is 0 Å². The molecule has 0 saturated heterocycles. The molecule has 114 valence electrons. The maximum Gasteiger partial charge on any atom is 0.236 e. The first-order valence-electron chi connectivity index (χ1n) is 6.55. The molecule has 1 rings (SSSR count). The Kier molecular flexibility index (Phi) is 11.3. The highest BCUT2D eigenvalue weighted by molar-refractivity contribution is 7.98. The molecule has 0 radical (unpaired) electrons. The molecule has 1 aromatic rings. The highest BCUT2D eigenvalue weighted by Gasteiger charge is 2.11. The van der Waals surface area contributed by atoms with Gasteiger partial charge in [-0.1, -0.05) is 18.2 Å². The Bertz CT molecular complexity index is 365. The Balaban J connectivity index is 0.00000361. The van der Waals surface area contributed by atoms with Crippen molar-refractivity contribution >= 4 is 35.8 Å². The van der Waals surface area contributed by atoms with Crippen LogP contribution in [0.4, 0.5) is 5.69 Å². The lowest BCUT2D eigenvalue weighted by Crippen LogP contribution is -2.41. The molecule has 4 nitrogen and oxygen atoms in total. The fourth-order valence-corrected chi connectivity index (χ4v) is 2.09. The Morgan fingerprint density at radius 2 is 2.00 bits per heavy atom. The normalized spacial score (nSPS) is 11.3. The van der Waals surface area contributed by atoms with Gasteiger partial charge in [-0.15, -0.1) is 12.4 Å². The van der Waals surface area contributed by atoms with Gasteiger partial charge in [0.15, 0.2) is 0 Å². The summed E-state index contributed by atoms with van der Waals surface area (Å²) in [6.45, 7) is 1.50. The summed E-state index contributed by atoms with van der Waals surface area (Å²) in [6.07, 6.45) is 3.63. The van der Waals surface area contributed by atoms with Crippen molar-refractivity contribution in [3.8, 4) is 0 Å². The second-order valence-electron chi connectivity index (χ2n) is 4.33. The highest BCUT2D eigenvalue weighted by Crippen LogP contribution is 2.04. The lowest BCUT2D eigenvalue weighted by Gasteiger charge is -2.12. The van der Waals surface area contributed by atoms with Crippen molar-refractivity contribution in [2.24, 2.45) is 5.73 Å². The lowest BCUT2D eigenvalue weighted by atomic mass is 10.2. The molecule has 0 saturated carbocycles. The summed E-state index contributed by atoms with van der Waals surface area (Å²) in [5, 5.41) is 6.16. The zero-order chi connectivity index (χ0) is 13.9. The molecular formula is C14H24ClN3OS. The van der Waals surface area contributed by atoms with E-state index in [0.717, 1.165) is 30.8 Å². The van der Waals surface area contributed by atoms with Crippen molar-refractivity contribution in [1.82, 2.24) is 5.32 Å². The monoisotopic (exact) mass is 317 g/mol. The molecule has 0 bridgehead atoms. The highest BCUT2D eigenvalue weighted by atomic mass is 35.5. The van der Waals surface area contributed by atoms with Crippen molar-refractivity contribution in [3.63, 3.8) is 0 Å². The molecule has 0 aliphatic carbocycles. The number of amides is 1. The molecule has 0 aliphatic heterocycles. The summed E-state index contributed by atoms with van der Waals surface area (Å²) in [5.74, 6) is 0.873. The maximum absolute atomic E-state index is 11.6. The number of thioether (sulfide) groups is 1. The smallest absolute Gasteiger partial charge is 0.236 e. The molecule has 4 N–H and O–H groups in total. The van der Waals surface area contributed by atoms with E-state index in [-0.39, 0.29) is 24.4 Å². The van der Waals surface area contributed by atoms with E-state index in [1.807, 2.05) is 36.6 Å². The van der Waals surface area contributed by atoms with Crippen LogP contribution in [0, 0.1) is 0 Å². The van der Waals surface area contributed by atoms with Crippen LogP contribution in [-0.4, -0.2) is 37.0 Å². The summed E-state index contributed by atoms with van der Waals surface area (Å²) in [4.78, 5) is 11.6. The van der Waals surface area contributed by atoms with E-state index >= 15 is 0 Å². The molecule has 0 aliphatic rings. The molecular weight excluding hydrogens is 294 g/mol. The number of hydrogen-bond acceptors (Lipinski definition) is 4. The van der Waals surface area contributed by atoms with Crippen LogP contribution in [0.1, 0.15) is 12.8 Å². The number of nitrogens with one attached hydrogen (secondary N) is 2. The molecule has 0 spiro atoms. The van der Waals surface area contributed by atoms with Crippen molar-refractivity contribution in [3.05, 3.63) is 30.3 Å². The van der Waals surface area contributed by atoms with Gasteiger partial charge in [-0.2, -0.15) is 11.8 Å². The number of hydrogen-bond donors (Lipinski definition) is 3. The van der Waals surface area contributed by atoms with Gasteiger partial charge in [0.25, 0.3) is 0 Å². The fraction of sp³-hybridized carbons (Fsp3) is 0.500. The van der Waals surface area contributed by atoms with Gasteiger partial charge in [0.2, 0.25) is 5.91 Å². The van der Waals surface area contributed by atoms with Gasteiger partial charge in [-0.05, 0) is 37.0 Å². The Morgan fingerprint density at radius 1 is 1.30 bits per heavy atom. The number of para-hydroxylation sites is 1. The second kappa shape index (κ2) is 11.9. The van der Waals surface area contributed by atoms with Crippen molar-refractivity contribution in [2.45, 2.75) is 18.9 Å².